The summed E-state index contributed by atoms with van der Waals surface area (Å²) in [5.74, 6) is 1.20. The molecule has 1 aromatic heterocycles. The van der Waals surface area contributed by atoms with Crippen LogP contribution in [0.15, 0.2) is 6.33 Å². The van der Waals surface area contributed by atoms with Gasteiger partial charge in [-0.25, -0.2) is 9.78 Å². The molecule has 3 amide bonds. The molecule has 126 valence electrons. The van der Waals surface area contributed by atoms with Gasteiger partial charge in [0.2, 0.25) is 0 Å². The second kappa shape index (κ2) is 6.27. The first-order chi connectivity index (χ1) is 11.0. The molecular weight excluding hydrogens is 296 g/mol. The number of nitrogens with one attached hydrogen (secondary N) is 2. The summed E-state index contributed by atoms with van der Waals surface area (Å²) < 4.78 is 0. The van der Waals surface area contributed by atoms with E-state index in [1.807, 2.05) is 0 Å². The van der Waals surface area contributed by atoms with Gasteiger partial charge in [-0.15, -0.1) is 0 Å². The topological polar surface area (TPSA) is 94.2 Å². The van der Waals surface area contributed by atoms with Gasteiger partial charge in [-0.2, -0.15) is 5.10 Å². The van der Waals surface area contributed by atoms with Crippen molar-refractivity contribution in [2.45, 2.75) is 44.6 Å². The third-order valence-electron chi connectivity index (χ3n) is 4.63. The number of carbonyl (C=O) groups is 2. The zero-order valence-corrected chi connectivity index (χ0v) is 13.7. The van der Waals surface area contributed by atoms with E-state index in [0.717, 1.165) is 44.7 Å². The van der Waals surface area contributed by atoms with E-state index in [1.165, 1.54) is 4.90 Å². The molecule has 2 saturated heterocycles. The van der Waals surface area contributed by atoms with E-state index in [1.54, 1.807) is 20.2 Å². The number of piperidine rings is 1. The Morgan fingerprint density at radius 3 is 2.83 bits per heavy atom. The molecule has 0 spiro atoms. The van der Waals surface area contributed by atoms with Crippen molar-refractivity contribution in [3.8, 4) is 0 Å². The van der Waals surface area contributed by atoms with Crippen LogP contribution in [0.4, 0.5) is 4.79 Å². The second-order valence-corrected chi connectivity index (χ2v) is 6.88. The van der Waals surface area contributed by atoms with Crippen LogP contribution in [-0.2, 0) is 4.79 Å². The van der Waals surface area contributed by atoms with Gasteiger partial charge in [0, 0.05) is 19.0 Å². The highest BCUT2D eigenvalue weighted by atomic mass is 16.2. The third-order valence-corrected chi connectivity index (χ3v) is 4.63. The van der Waals surface area contributed by atoms with E-state index < -0.39 is 5.54 Å². The first kappa shape index (κ1) is 15.9. The number of carbonyl (C=O) groups excluding carboxylic acids is 2. The van der Waals surface area contributed by atoms with Gasteiger partial charge in [0.1, 0.15) is 17.7 Å². The Hall–Kier alpha value is -1.96. The summed E-state index contributed by atoms with van der Waals surface area (Å²) in [5.41, 5.74) is -0.778. The number of hydrogen-bond donors (Lipinski definition) is 2. The highest BCUT2D eigenvalue weighted by Gasteiger charge is 2.43. The van der Waals surface area contributed by atoms with Gasteiger partial charge in [0.05, 0.1) is 0 Å². The average Bonchev–Trinajstić information content (AvgIpc) is 3.10. The molecule has 3 rings (SSSR count). The molecule has 2 aliphatic rings. The van der Waals surface area contributed by atoms with E-state index in [9.17, 15) is 9.59 Å². The Kier molecular flexibility index (Phi) is 4.34. The van der Waals surface area contributed by atoms with Gasteiger partial charge in [-0.1, -0.05) is 0 Å². The van der Waals surface area contributed by atoms with Crippen LogP contribution in [0, 0.1) is 0 Å². The number of amides is 3. The molecule has 0 saturated carbocycles. The zero-order chi connectivity index (χ0) is 16.4. The standard InChI is InChI=1S/C15H24N6O2/c1-15(2)13(22)21(14(23)18-15)8-4-7-20-6-3-5-11(9-20)12-16-10-17-19-12/h10-11H,3-9H2,1-2H3,(H,18,23)(H,16,17,19). The van der Waals surface area contributed by atoms with E-state index in [4.69, 9.17) is 0 Å². The van der Waals surface area contributed by atoms with Crippen molar-refractivity contribution in [1.29, 1.82) is 0 Å². The molecule has 8 nitrogen and oxygen atoms in total. The first-order valence-electron chi connectivity index (χ1n) is 8.19. The summed E-state index contributed by atoms with van der Waals surface area (Å²) in [6.45, 7) is 6.82. The monoisotopic (exact) mass is 320 g/mol. The molecule has 0 aromatic carbocycles. The fourth-order valence-electron chi connectivity index (χ4n) is 3.37. The van der Waals surface area contributed by atoms with E-state index >= 15 is 0 Å². The minimum Gasteiger partial charge on any atom is -0.324 e. The fraction of sp³-hybridized carbons (Fsp3) is 0.733. The predicted molar refractivity (Wildman–Crippen MR) is 83.7 cm³/mol. The Morgan fingerprint density at radius 2 is 2.17 bits per heavy atom. The summed E-state index contributed by atoms with van der Waals surface area (Å²) in [5, 5.41) is 9.59. The van der Waals surface area contributed by atoms with Crippen molar-refractivity contribution >= 4 is 11.9 Å². The number of aromatic nitrogens is 3. The van der Waals surface area contributed by atoms with E-state index in [-0.39, 0.29) is 11.9 Å². The second-order valence-electron chi connectivity index (χ2n) is 6.88. The van der Waals surface area contributed by atoms with Crippen molar-refractivity contribution in [2.75, 3.05) is 26.2 Å². The molecule has 2 aliphatic heterocycles. The van der Waals surface area contributed by atoms with Gasteiger partial charge < -0.3 is 10.2 Å². The number of urea groups is 1. The van der Waals surface area contributed by atoms with Gasteiger partial charge >= 0.3 is 6.03 Å². The Labute approximate surface area is 135 Å². The summed E-state index contributed by atoms with van der Waals surface area (Å²) in [6, 6.07) is -0.279. The largest absolute Gasteiger partial charge is 0.325 e. The lowest BCUT2D eigenvalue weighted by Crippen LogP contribution is -2.41. The van der Waals surface area contributed by atoms with Crippen LogP contribution in [0.1, 0.15) is 44.9 Å². The molecule has 8 heteroatoms. The summed E-state index contributed by atoms with van der Waals surface area (Å²) in [6.07, 6.45) is 4.58. The summed E-state index contributed by atoms with van der Waals surface area (Å²) >= 11 is 0. The number of likely N-dealkylation sites (tertiary alicyclic amines) is 1. The minimum atomic E-state index is -0.778. The first-order valence-corrected chi connectivity index (χ1v) is 8.19. The molecule has 0 radical (unpaired) electrons. The SMILES string of the molecule is CC1(C)NC(=O)N(CCCN2CCCC(c3ncn[nH]3)C2)C1=O. The maximum Gasteiger partial charge on any atom is 0.325 e. The fourth-order valence-corrected chi connectivity index (χ4v) is 3.37. The predicted octanol–water partition coefficient (Wildman–Crippen LogP) is 0.705. The number of hydrogen-bond acceptors (Lipinski definition) is 5. The summed E-state index contributed by atoms with van der Waals surface area (Å²) in [7, 11) is 0. The van der Waals surface area contributed by atoms with Crippen LogP contribution in [0.3, 0.4) is 0 Å². The molecular formula is C15H24N6O2. The average molecular weight is 320 g/mol. The quantitative estimate of drug-likeness (QED) is 0.779. The molecule has 3 heterocycles. The lowest BCUT2D eigenvalue weighted by Gasteiger charge is -2.31. The molecule has 1 atom stereocenters. The van der Waals surface area contributed by atoms with Crippen molar-refractivity contribution in [3.63, 3.8) is 0 Å². The van der Waals surface area contributed by atoms with Crippen LogP contribution < -0.4 is 5.32 Å². The van der Waals surface area contributed by atoms with Crippen molar-refractivity contribution < 1.29 is 9.59 Å². The van der Waals surface area contributed by atoms with Crippen LogP contribution in [0.2, 0.25) is 0 Å². The Balaban J connectivity index is 1.47. The third kappa shape index (κ3) is 3.36. The maximum absolute atomic E-state index is 12.1. The van der Waals surface area contributed by atoms with Crippen LogP contribution in [-0.4, -0.2) is 68.6 Å². The van der Waals surface area contributed by atoms with Crippen LogP contribution in [0.5, 0.6) is 0 Å². The van der Waals surface area contributed by atoms with Crippen molar-refractivity contribution in [2.24, 2.45) is 0 Å². The highest BCUT2D eigenvalue weighted by Crippen LogP contribution is 2.24. The number of H-pyrrole nitrogens is 1. The molecule has 23 heavy (non-hydrogen) atoms. The van der Waals surface area contributed by atoms with E-state index in [0.29, 0.717) is 12.5 Å². The maximum atomic E-state index is 12.1. The van der Waals surface area contributed by atoms with E-state index in [2.05, 4.69) is 25.4 Å². The molecule has 2 N–H and O–H groups in total. The van der Waals surface area contributed by atoms with Crippen LogP contribution >= 0.6 is 0 Å². The van der Waals surface area contributed by atoms with Gasteiger partial charge in [0.25, 0.3) is 5.91 Å². The van der Waals surface area contributed by atoms with Crippen molar-refractivity contribution in [1.82, 2.24) is 30.3 Å². The molecule has 0 bridgehead atoms. The Bertz CT molecular complexity index is 571. The zero-order valence-electron chi connectivity index (χ0n) is 13.7. The molecule has 0 aliphatic carbocycles. The normalized spacial score (nSPS) is 25.0. The molecule has 2 fully saturated rings. The van der Waals surface area contributed by atoms with Crippen molar-refractivity contribution in [3.05, 3.63) is 12.2 Å². The number of imide groups is 1. The molecule has 1 unspecified atom stereocenters. The van der Waals surface area contributed by atoms with Gasteiger partial charge in [-0.05, 0) is 46.2 Å². The molecule has 1 aromatic rings. The number of rotatable bonds is 5. The lowest BCUT2D eigenvalue weighted by atomic mass is 9.97. The lowest BCUT2D eigenvalue weighted by molar-refractivity contribution is -0.130. The van der Waals surface area contributed by atoms with Gasteiger partial charge in [0.15, 0.2) is 0 Å². The van der Waals surface area contributed by atoms with Gasteiger partial charge in [-0.3, -0.25) is 14.8 Å². The highest BCUT2D eigenvalue weighted by molar-refractivity contribution is 6.06. The number of aromatic amines is 1. The minimum absolute atomic E-state index is 0.138. The van der Waals surface area contributed by atoms with Crippen LogP contribution in [0.25, 0.3) is 0 Å². The Morgan fingerprint density at radius 1 is 1.35 bits per heavy atom. The smallest absolute Gasteiger partial charge is 0.324 e. The number of nitrogens with zero attached hydrogens (tertiary/aromatic N) is 4. The summed E-state index contributed by atoms with van der Waals surface area (Å²) in [4.78, 5) is 31.9.